The van der Waals surface area contributed by atoms with Gasteiger partial charge in [0.2, 0.25) is 5.91 Å². The third kappa shape index (κ3) is 5.40. The molecule has 3 amide bonds. The standard InChI is InChI=1S/C25H28N2O4S/c1-6-18(5)31-20-10-8-7-9-19(20)13-21-24(29)27(25(30)32-21)14-22(28)26-23-16(3)11-15(2)12-17(23)4/h7-13,18H,6,14H2,1-5H3,(H,26,28)/b21-13+/t18-/m1/s1. The number of rotatable bonds is 7. The molecule has 0 spiro atoms. The summed E-state index contributed by atoms with van der Waals surface area (Å²) in [6.07, 6.45) is 2.52. The number of nitrogens with one attached hydrogen (secondary N) is 1. The summed E-state index contributed by atoms with van der Waals surface area (Å²) in [5, 5.41) is 2.38. The summed E-state index contributed by atoms with van der Waals surface area (Å²) in [5.74, 6) is -0.244. The maximum atomic E-state index is 12.9. The molecule has 168 valence electrons. The van der Waals surface area contributed by atoms with Crippen molar-refractivity contribution in [3.63, 3.8) is 0 Å². The van der Waals surface area contributed by atoms with Gasteiger partial charge in [0, 0.05) is 11.3 Å². The first kappa shape index (κ1) is 23.6. The van der Waals surface area contributed by atoms with Gasteiger partial charge < -0.3 is 10.1 Å². The van der Waals surface area contributed by atoms with Gasteiger partial charge in [-0.3, -0.25) is 19.3 Å². The van der Waals surface area contributed by atoms with Crippen molar-refractivity contribution in [2.75, 3.05) is 11.9 Å². The highest BCUT2D eigenvalue weighted by Gasteiger charge is 2.36. The molecule has 0 saturated carbocycles. The SMILES string of the molecule is CC[C@@H](C)Oc1ccccc1/C=C1/SC(=O)N(CC(=O)Nc2c(C)cc(C)cc2C)C1=O. The molecule has 1 saturated heterocycles. The fourth-order valence-electron chi connectivity index (χ4n) is 3.48. The first-order chi connectivity index (χ1) is 15.2. The topological polar surface area (TPSA) is 75.7 Å². The number of hydrogen-bond acceptors (Lipinski definition) is 5. The first-order valence-corrected chi connectivity index (χ1v) is 11.4. The number of benzene rings is 2. The van der Waals surface area contributed by atoms with Gasteiger partial charge in [-0.2, -0.15) is 0 Å². The number of thioether (sulfide) groups is 1. The molecular weight excluding hydrogens is 424 g/mol. The Morgan fingerprint density at radius 2 is 1.81 bits per heavy atom. The highest BCUT2D eigenvalue weighted by atomic mass is 32.2. The molecule has 1 aliphatic rings. The summed E-state index contributed by atoms with van der Waals surface area (Å²) < 4.78 is 5.93. The molecule has 0 bridgehead atoms. The number of carbonyl (C=O) groups excluding carboxylic acids is 3. The molecule has 3 rings (SSSR count). The normalized spacial score (nSPS) is 15.9. The van der Waals surface area contributed by atoms with E-state index >= 15 is 0 Å². The maximum Gasteiger partial charge on any atom is 0.294 e. The van der Waals surface area contributed by atoms with Gasteiger partial charge in [0.1, 0.15) is 12.3 Å². The fraction of sp³-hybridized carbons (Fsp3) is 0.320. The van der Waals surface area contributed by atoms with Crippen LogP contribution in [0, 0.1) is 20.8 Å². The molecule has 0 aromatic heterocycles. The minimum atomic E-state index is -0.481. The van der Waals surface area contributed by atoms with Gasteiger partial charge in [-0.05, 0) is 69.1 Å². The second kappa shape index (κ2) is 10.0. The van der Waals surface area contributed by atoms with Crippen LogP contribution in [0.4, 0.5) is 10.5 Å². The van der Waals surface area contributed by atoms with Crippen LogP contribution < -0.4 is 10.1 Å². The molecule has 2 aromatic rings. The Kier molecular flexibility index (Phi) is 7.40. The van der Waals surface area contributed by atoms with Crippen LogP contribution in [0.5, 0.6) is 5.75 Å². The van der Waals surface area contributed by atoms with Crippen LogP contribution in [-0.2, 0) is 9.59 Å². The summed E-state index contributed by atoms with van der Waals surface area (Å²) in [6, 6.07) is 11.3. The smallest absolute Gasteiger partial charge is 0.294 e. The monoisotopic (exact) mass is 452 g/mol. The number of nitrogens with zero attached hydrogens (tertiary/aromatic N) is 1. The van der Waals surface area contributed by atoms with Crippen LogP contribution in [0.1, 0.15) is 42.5 Å². The van der Waals surface area contributed by atoms with E-state index in [-0.39, 0.29) is 17.6 Å². The van der Waals surface area contributed by atoms with Crippen molar-refractivity contribution in [3.05, 3.63) is 63.6 Å². The molecule has 0 radical (unpaired) electrons. The molecule has 0 aliphatic carbocycles. The highest BCUT2D eigenvalue weighted by molar-refractivity contribution is 8.18. The van der Waals surface area contributed by atoms with Gasteiger partial charge in [0.05, 0.1) is 11.0 Å². The van der Waals surface area contributed by atoms with Crippen LogP contribution in [0.25, 0.3) is 6.08 Å². The molecule has 32 heavy (non-hydrogen) atoms. The zero-order valence-electron chi connectivity index (χ0n) is 19.0. The summed E-state index contributed by atoms with van der Waals surface area (Å²) in [4.78, 5) is 39.2. The molecular formula is C25H28N2O4S. The number of imide groups is 1. The lowest BCUT2D eigenvalue weighted by molar-refractivity contribution is -0.127. The third-order valence-corrected chi connectivity index (χ3v) is 6.13. The van der Waals surface area contributed by atoms with Crippen molar-refractivity contribution < 1.29 is 19.1 Å². The van der Waals surface area contributed by atoms with E-state index in [0.717, 1.165) is 39.8 Å². The van der Waals surface area contributed by atoms with Crippen molar-refractivity contribution >= 4 is 40.6 Å². The predicted molar refractivity (Wildman–Crippen MR) is 129 cm³/mol. The maximum absolute atomic E-state index is 12.9. The zero-order valence-corrected chi connectivity index (χ0v) is 19.8. The van der Waals surface area contributed by atoms with Gasteiger partial charge in [0.25, 0.3) is 11.1 Å². The van der Waals surface area contributed by atoms with Gasteiger partial charge in [0.15, 0.2) is 0 Å². The van der Waals surface area contributed by atoms with Crippen molar-refractivity contribution in [1.82, 2.24) is 4.90 Å². The number of aryl methyl sites for hydroxylation is 3. The van der Waals surface area contributed by atoms with Crippen molar-refractivity contribution in [1.29, 1.82) is 0 Å². The van der Waals surface area contributed by atoms with E-state index < -0.39 is 17.1 Å². The van der Waals surface area contributed by atoms with Gasteiger partial charge in [-0.15, -0.1) is 0 Å². The quantitative estimate of drug-likeness (QED) is 0.564. The summed E-state index contributed by atoms with van der Waals surface area (Å²) in [6.45, 7) is 9.49. The molecule has 6 nitrogen and oxygen atoms in total. The lowest BCUT2D eigenvalue weighted by atomic mass is 10.1. The lowest BCUT2D eigenvalue weighted by Crippen LogP contribution is -2.36. The number of hydrogen-bond donors (Lipinski definition) is 1. The van der Waals surface area contributed by atoms with E-state index in [9.17, 15) is 14.4 Å². The van der Waals surface area contributed by atoms with Crippen LogP contribution in [0.3, 0.4) is 0 Å². The molecule has 1 heterocycles. The Morgan fingerprint density at radius 1 is 1.16 bits per heavy atom. The highest BCUT2D eigenvalue weighted by Crippen LogP contribution is 2.34. The Bertz CT molecular complexity index is 1070. The largest absolute Gasteiger partial charge is 0.490 e. The Balaban J connectivity index is 1.75. The van der Waals surface area contributed by atoms with E-state index in [1.807, 2.05) is 71.0 Å². The van der Waals surface area contributed by atoms with Crippen LogP contribution >= 0.6 is 11.8 Å². The first-order valence-electron chi connectivity index (χ1n) is 10.6. The summed E-state index contributed by atoms with van der Waals surface area (Å²) in [7, 11) is 0. The van der Waals surface area contributed by atoms with Crippen LogP contribution in [0.2, 0.25) is 0 Å². The lowest BCUT2D eigenvalue weighted by Gasteiger charge is -2.16. The van der Waals surface area contributed by atoms with E-state index in [1.165, 1.54) is 0 Å². The van der Waals surface area contributed by atoms with Crippen LogP contribution in [-0.4, -0.2) is 34.6 Å². The van der Waals surface area contributed by atoms with Gasteiger partial charge in [-0.1, -0.05) is 42.8 Å². The van der Waals surface area contributed by atoms with Crippen LogP contribution in [0.15, 0.2) is 41.3 Å². The Hall–Kier alpha value is -3.06. The Morgan fingerprint density at radius 3 is 2.47 bits per heavy atom. The zero-order chi connectivity index (χ0) is 23.4. The number of amides is 3. The van der Waals surface area contributed by atoms with E-state index in [0.29, 0.717) is 17.0 Å². The average molecular weight is 453 g/mol. The van der Waals surface area contributed by atoms with E-state index in [2.05, 4.69) is 5.32 Å². The van der Waals surface area contributed by atoms with E-state index in [1.54, 1.807) is 6.08 Å². The van der Waals surface area contributed by atoms with Crippen molar-refractivity contribution in [2.24, 2.45) is 0 Å². The number of para-hydroxylation sites is 1. The minimum absolute atomic E-state index is 0.0250. The molecule has 7 heteroatoms. The summed E-state index contributed by atoms with van der Waals surface area (Å²) in [5.41, 5.74) is 4.39. The molecule has 1 aliphatic heterocycles. The van der Waals surface area contributed by atoms with E-state index in [4.69, 9.17) is 4.74 Å². The number of anilines is 1. The van der Waals surface area contributed by atoms with Crippen molar-refractivity contribution in [2.45, 2.75) is 47.1 Å². The number of ether oxygens (including phenoxy) is 1. The minimum Gasteiger partial charge on any atom is -0.490 e. The fourth-order valence-corrected chi connectivity index (χ4v) is 4.31. The predicted octanol–water partition coefficient (Wildman–Crippen LogP) is 5.46. The van der Waals surface area contributed by atoms with Crippen molar-refractivity contribution in [3.8, 4) is 5.75 Å². The molecule has 0 unspecified atom stereocenters. The number of carbonyl (C=O) groups is 3. The average Bonchev–Trinajstić information content (AvgIpc) is 2.99. The third-order valence-electron chi connectivity index (χ3n) is 5.23. The molecule has 1 fully saturated rings. The molecule has 1 N–H and O–H groups in total. The molecule has 2 aromatic carbocycles. The summed E-state index contributed by atoms with van der Waals surface area (Å²) >= 11 is 0.829. The van der Waals surface area contributed by atoms with Gasteiger partial charge >= 0.3 is 0 Å². The van der Waals surface area contributed by atoms with Gasteiger partial charge in [-0.25, -0.2) is 0 Å². The second-order valence-corrected chi connectivity index (χ2v) is 8.96. The second-order valence-electron chi connectivity index (χ2n) is 7.96. The Labute approximate surface area is 193 Å². The molecule has 1 atom stereocenters.